The molecule has 2 saturated heterocycles. The van der Waals surface area contributed by atoms with Gasteiger partial charge in [-0.2, -0.15) is 0 Å². The van der Waals surface area contributed by atoms with Crippen molar-refractivity contribution in [1.29, 1.82) is 0 Å². The van der Waals surface area contributed by atoms with E-state index in [9.17, 15) is 5.11 Å². The fourth-order valence-electron chi connectivity index (χ4n) is 5.88. The van der Waals surface area contributed by atoms with Crippen LogP contribution in [0.3, 0.4) is 0 Å². The minimum Gasteiger partial charge on any atom is -0.497 e. The number of piperidine rings is 1. The Hall–Kier alpha value is -2.30. The van der Waals surface area contributed by atoms with Gasteiger partial charge in [0.2, 0.25) is 0 Å². The molecule has 0 aliphatic carbocycles. The van der Waals surface area contributed by atoms with Crippen LogP contribution >= 0.6 is 11.8 Å². The number of hydrogen-bond acceptors (Lipinski definition) is 8. The number of alkyl halides is 1. The number of morpholine rings is 1. The lowest BCUT2D eigenvalue weighted by Gasteiger charge is -2.41. The summed E-state index contributed by atoms with van der Waals surface area (Å²) in [6.07, 6.45) is 5.33. The van der Waals surface area contributed by atoms with Gasteiger partial charge in [-0.25, -0.2) is 9.37 Å². The molecule has 2 aliphatic rings. The average Bonchev–Trinajstić information content (AvgIpc) is 3.01. The van der Waals surface area contributed by atoms with E-state index in [0.717, 1.165) is 72.8 Å². The SMILES string of the molecule is COc1ccc2ncc(CN3CCOCC3)c([C@H](F)CCC3(CO)CCN(CCSc4ccccn4)CC3)c2c1. The number of ether oxygens (including phenoxy) is 2. The maximum absolute atomic E-state index is 16.4. The standard InChI is InChI=1S/C31H41FN4O3S/c1-38-25-5-6-28-26(20-25)30(24(21-34-28)22-36-14-17-39-18-15-36)27(32)7-8-31(23-37)9-12-35(13-10-31)16-19-40-29-4-2-3-11-33-29/h2-6,11,20-21,27,37H,7-10,12-19,22-23H2,1H3/t27-/m1/s1. The summed E-state index contributed by atoms with van der Waals surface area (Å²) in [5.74, 6) is 1.69. The van der Waals surface area contributed by atoms with Crippen LogP contribution in [0.2, 0.25) is 0 Å². The highest BCUT2D eigenvalue weighted by Crippen LogP contribution is 2.41. The summed E-state index contributed by atoms with van der Waals surface area (Å²) in [4.78, 5) is 13.8. The van der Waals surface area contributed by atoms with Crippen LogP contribution in [0, 0.1) is 5.41 Å². The Morgan fingerprint density at radius 2 is 1.93 bits per heavy atom. The third kappa shape index (κ3) is 7.31. The van der Waals surface area contributed by atoms with Crippen LogP contribution in [-0.4, -0.2) is 90.3 Å². The van der Waals surface area contributed by atoms with E-state index >= 15 is 4.39 Å². The van der Waals surface area contributed by atoms with E-state index in [4.69, 9.17) is 9.47 Å². The molecule has 9 heteroatoms. The second-order valence-corrected chi connectivity index (χ2v) is 12.1. The van der Waals surface area contributed by atoms with Gasteiger partial charge in [0.15, 0.2) is 0 Å². The van der Waals surface area contributed by atoms with Gasteiger partial charge in [-0.05, 0) is 80.1 Å². The zero-order valence-electron chi connectivity index (χ0n) is 23.4. The van der Waals surface area contributed by atoms with Gasteiger partial charge in [0.05, 0.1) is 30.9 Å². The molecule has 0 radical (unpaired) electrons. The van der Waals surface area contributed by atoms with E-state index in [0.29, 0.717) is 43.9 Å². The van der Waals surface area contributed by atoms with Crippen molar-refractivity contribution in [3.8, 4) is 5.75 Å². The molecule has 1 atom stereocenters. The molecule has 2 fully saturated rings. The molecule has 0 spiro atoms. The number of rotatable bonds is 12. The maximum Gasteiger partial charge on any atom is 0.126 e. The molecule has 5 rings (SSSR count). The number of likely N-dealkylation sites (tertiary alicyclic amines) is 1. The third-order valence-corrected chi connectivity index (χ3v) is 9.41. The summed E-state index contributed by atoms with van der Waals surface area (Å²) in [6, 6.07) is 11.7. The summed E-state index contributed by atoms with van der Waals surface area (Å²) in [5, 5.41) is 12.3. The third-order valence-electron chi connectivity index (χ3n) is 8.49. The largest absolute Gasteiger partial charge is 0.497 e. The summed E-state index contributed by atoms with van der Waals surface area (Å²) in [7, 11) is 1.63. The number of halogens is 1. The quantitative estimate of drug-likeness (QED) is 0.302. The molecule has 2 aromatic heterocycles. The number of hydrogen-bond donors (Lipinski definition) is 1. The van der Waals surface area contributed by atoms with Crippen molar-refractivity contribution in [2.45, 2.75) is 43.4 Å². The Bertz CT molecular complexity index is 1220. The first-order chi connectivity index (χ1) is 19.6. The fourth-order valence-corrected chi connectivity index (χ4v) is 6.75. The van der Waals surface area contributed by atoms with Crippen LogP contribution in [0.4, 0.5) is 4.39 Å². The minimum atomic E-state index is -1.15. The maximum atomic E-state index is 16.4. The number of benzene rings is 1. The van der Waals surface area contributed by atoms with Crippen LogP contribution in [0.25, 0.3) is 10.9 Å². The zero-order chi connectivity index (χ0) is 27.8. The molecule has 216 valence electrons. The molecule has 0 unspecified atom stereocenters. The van der Waals surface area contributed by atoms with Crippen molar-refractivity contribution in [3.05, 3.63) is 59.9 Å². The lowest BCUT2D eigenvalue weighted by atomic mass is 9.74. The van der Waals surface area contributed by atoms with Crippen LogP contribution < -0.4 is 4.74 Å². The predicted molar refractivity (Wildman–Crippen MR) is 158 cm³/mol. The van der Waals surface area contributed by atoms with Crippen LogP contribution in [0.15, 0.2) is 53.8 Å². The van der Waals surface area contributed by atoms with E-state index in [-0.39, 0.29) is 12.0 Å². The van der Waals surface area contributed by atoms with Crippen molar-refractivity contribution in [1.82, 2.24) is 19.8 Å². The topological polar surface area (TPSA) is 71.0 Å². The van der Waals surface area contributed by atoms with Crippen molar-refractivity contribution >= 4 is 22.7 Å². The van der Waals surface area contributed by atoms with Gasteiger partial charge in [-0.1, -0.05) is 6.07 Å². The summed E-state index contributed by atoms with van der Waals surface area (Å²) in [5.41, 5.74) is 2.18. The van der Waals surface area contributed by atoms with Gasteiger partial charge in [0.25, 0.3) is 0 Å². The second kappa shape index (κ2) is 14.0. The van der Waals surface area contributed by atoms with Crippen LogP contribution in [-0.2, 0) is 11.3 Å². The van der Waals surface area contributed by atoms with Crippen molar-refractivity contribution in [2.75, 3.05) is 65.4 Å². The van der Waals surface area contributed by atoms with Gasteiger partial charge < -0.3 is 19.5 Å². The molecule has 0 amide bonds. The number of pyridine rings is 2. The Morgan fingerprint density at radius 1 is 1.10 bits per heavy atom. The smallest absolute Gasteiger partial charge is 0.126 e. The number of aliphatic hydroxyl groups is 1. The first kappa shape index (κ1) is 29.2. The number of aliphatic hydroxyl groups excluding tert-OH is 1. The number of fused-ring (bicyclic) bond motifs is 1. The van der Waals surface area contributed by atoms with E-state index in [2.05, 4.69) is 19.8 Å². The van der Waals surface area contributed by atoms with Crippen LogP contribution in [0.1, 0.15) is 43.0 Å². The second-order valence-electron chi connectivity index (χ2n) is 11.0. The molecule has 3 aromatic rings. The highest BCUT2D eigenvalue weighted by molar-refractivity contribution is 7.99. The number of thioether (sulfide) groups is 1. The van der Waals surface area contributed by atoms with Crippen LogP contribution in [0.5, 0.6) is 5.75 Å². The van der Waals surface area contributed by atoms with Gasteiger partial charge in [-0.15, -0.1) is 11.8 Å². The summed E-state index contributed by atoms with van der Waals surface area (Å²) in [6.45, 7) is 6.65. The molecular formula is C31H41FN4O3S. The average molecular weight is 569 g/mol. The van der Waals surface area contributed by atoms with Crippen molar-refractivity contribution < 1.29 is 19.0 Å². The fraction of sp³-hybridized carbons (Fsp3) is 0.548. The summed E-state index contributed by atoms with van der Waals surface area (Å²) < 4.78 is 27.4. The summed E-state index contributed by atoms with van der Waals surface area (Å²) >= 11 is 1.77. The molecule has 40 heavy (non-hydrogen) atoms. The van der Waals surface area contributed by atoms with E-state index in [1.54, 1.807) is 18.9 Å². The highest BCUT2D eigenvalue weighted by atomic mass is 32.2. The first-order valence-electron chi connectivity index (χ1n) is 14.4. The number of nitrogens with zero attached hydrogens (tertiary/aromatic N) is 4. The molecule has 7 nitrogen and oxygen atoms in total. The molecule has 1 N–H and O–H groups in total. The molecule has 1 aromatic carbocycles. The predicted octanol–water partition coefficient (Wildman–Crippen LogP) is 5.13. The minimum absolute atomic E-state index is 0.0990. The van der Waals surface area contributed by atoms with Gasteiger partial charge >= 0.3 is 0 Å². The van der Waals surface area contributed by atoms with E-state index in [1.165, 1.54) is 0 Å². The lowest BCUT2D eigenvalue weighted by Crippen LogP contribution is -2.43. The molecule has 0 saturated carbocycles. The Balaban J connectivity index is 1.24. The lowest BCUT2D eigenvalue weighted by molar-refractivity contribution is 0.0311. The number of aromatic nitrogens is 2. The Morgan fingerprint density at radius 3 is 2.65 bits per heavy atom. The van der Waals surface area contributed by atoms with Crippen molar-refractivity contribution in [2.24, 2.45) is 5.41 Å². The first-order valence-corrected chi connectivity index (χ1v) is 15.3. The monoisotopic (exact) mass is 568 g/mol. The van der Waals surface area contributed by atoms with E-state index < -0.39 is 6.17 Å². The number of methoxy groups -OCH3 is 1. The zero-order valence-corrected chi connectivity index (χ0v) is 24.3. The molecular weight excluding hydrogens is 527 g/mol. The van der Waals surface area contributed by atoms with E-state index in [1.807, 2.05) is 48.8 Å². The molecule has 2 aliphatic heterocycles. The van der Waals surface area contributed by atoms with Gasteiger partial charge in [0, 0.05) is 61.9 Å². The molecule has 0 bridgehead atoms. The van der Waals surface area contributed by atoms with Crippen molar-refractivity contribution in [3.63, 3.8) is 0 Å². The highest BCUT2D eigenvalue weighted by Gasteiger charge is 2.35. The Kier molecular flexibility index (Phi) is 10.3. The molecule has 4 heterocycles. The Labute approximate surface area is 241 Å². The van der Waals surface area contributed by atoms with Gasteiger partial charge in [-0.3, -0.25) is 9.88 Å². The normalized spacial score (nSPS) is 19.1. The van der Waals surface area contributed by atoms with Gasteiger partial charge in [0.1, 0.15) is 11.9 Å².